The number of Topliss-reactive ketones (excluding diaryl/α,β-unsaturated/α-hetero) is 1. The summed E-state index contributed by atoms with van der Waals surface area (Å²) < 4.78 is 5.63. The Bertz CT molecular complexity index is 710. The monoisotopic (exact) mass is 384 g/mol. The topological polar surface area (TPSA) is 63.6 Å². The fourth-order valence-electron chi connectivity index (χ4n) is 4.20. The van der Waals surface area contributed by atoms with Gasteiger partial charge in [-0.25, -0.2) is 0 Å². The lowest BCUT2D eigenvalue weighted by atomic mass is 9.73. The minimum absolute atomic E-state index is 0.0362. The van der Waals surface area contributed by atoms with Gasteiger partial charge in [-0.3, -0.25) is 9.59 Å². The van der Waals surface area contributed by atoms with Gasteiger partial charge in [0.1, 0.15) is 10.8 Å². The summed E-state index contributed by atoms with van der Waals surface area (Å²) in [5.74, 6) is 0.0554. The Labute approximate surface area is 157 Å². The number of halogens is 2. The number of carboxylic acid groups (broad SMARTS) is 1. The van der Waals surface area contributed by atoms with Crippen molar-refractivity contribution in [3.63, 3.8) is 0 Å². The Morgan fingerprint density at radius 3 is 2.64 bits per heavy atom. The highest BCUT2D eigenvalue weighted by Gasteiger charge is 2.49. The molecule has 2 aliphatic rings. The number of carbonyl (C=O) groups excluding carboxylic acids is 1. The molecule has 2 aliphatic carbocycles. The molecule has 0 aliphatic heterocycles. The van der Waals surface area contributed by atoms with E-state index in [9.17, 15) is 9.59 Å². The Morgan fingerprint density at radius 1 is 1.32 bits per heavy atom. The van der Waals surface area contributed by atoms with E-state index in [-0.39, 0.29) is 28.9 Å². The molecule has 4 nitrogen and oxygen atoms in total. The quantitative estimate of drug-likeness (QED) is 0.686. The molecule has 0 aromatic heterocycles. The fraction of sp³-hybridized carbons (Fsp3) is 0.579. The van der Waals surface area contributed by atoms with E-state index in [4.69, 9.17) is 33.0 Å². The maximum Gasteiger partial charge on any atom is 0.303 e. The van der Waals surface area contributed by atoms with Crippen molar-refractivity contribution in [1.82, 2.24) is 0 Å². The van der Waals surface area contributed by atoms with Crippen LogP contribution in [-0.2, 0) is 11.2 Å². The number of carboxylic acids is 1. The predicted octanol–water partition coefficient (Wildman–Crippen LogP) is 5.17. The number of ketones is 1. The first-order chi connectivity index (χ1) is 11.8. The van der Waals surface area contributed by atoms with Crippen LogP contribution in [0.15, 0.2) is 6.07 Å². The Morgan fingerprint density at radius 2 is 2.00 bits per heavy atom. The summed E-state index contributed by atoms with van der Waals surface area (Å²) in [7, 11) is 0. The first kappa shape index (κ1) is 18.5. The minimum atomic E-state index is -0.861. The van der Waals surface area contributed by atoms with Crippen LogP contribution in [0.25, 0.3) is 0 Å². The van der Waals surface area contributed by atoms with E-state index < -0.39 is 11.4 Å². The largest absolute Gasteiger partial charge is 0.492 e. The van der Waals surface area contributed by atoms with Gasteiger partial charge in [-0.05, 0) is 43.2 Å². The van der Waals surface area contributed by atoms with E-state index in [0.717, 1.165) is 18.4 Å². The first-order valence-electron chi connectivity index (χ1n) is 8.75. The van der Waals surface area contributed by atoms with Gasteiger partial charge in [0.25, 0.3) is 0 Å². The average Bonchev–Trinajstić information content (AvgIpc) is 3.17. The summed E-state index contributed by atoms with van der Waals surface area (Å²) in [5, 5.41) is 9.19. The second-order valence-corrected chi connectivity index (χ2v) is 8.04. The van der Waals surface area contributed by atoms with Gasteiger partial charge in [-0.1, -0.05) is 43.0 Å². The molecule has 1 atom stereocenters. The minimum Gasteiger partial charge on any atom is -0.492 e. The smallest absolute Gasteiger partial charge is 0.303 e. The zero-order chi connectivity index (χ0) is 18.2. The SMILES string of the molecule is C[C@@]1(C2CCCC2)Cc2cc(OCCCC(=O)O)c(Cl)c(Cl)c2C1=O. The van der Waals surface area contributed by atoms with Crippen molar-refractivity contribution in [3.05, 3.63) is 27.2 Å². The third-order valence-electron chi connectivity index (χ3n) is 5.61. The van der Waals surface area contributed by atoms with E-state index >= 15 is 0 Å². The molecule has 1 fully saturated rings. The third-order valence-corrected chi connectivity index (χ3v) is 6.46. The molecule has 0 spiro atoms. The molecule has 0 heterocycles. The Kier molecular flexibility index (Phi) is 5.31. The van der Waals surface area contributed by atoms with Crippen LogP contribution in [0.3, 0.4) is 0 Å². The van der Waals surface area contributed by atoms with Crippen molar-refractivity contribution in [3.8, 4) is 5.75 Å². The lowest BCUT2D eigenvalue weighted by molar-refractivity contribution is -0.137. The maximum absolute atomic E-state index is 13.1. The number of fused-ring (bicyclic) bond motifs is 1. The lowest BCUT2D eigenvalue weighted by Crippen LogP contribution is -2.32. The molecule has 0 saturated heterocycles. The number of benzene rings is 1. The summed E-state index contributed by atoms with van der Waals surface area (Å²) in [4.78, 5) is 23.7. The van der Waals surface area contributed by atoms with Crippen LogP contribution >= 0.6 is 23.2 Å². The van der Waals surface area contributed by atoms with Gasteiger partial charge in [-0.15, -0.1) is 0 Å². The molecule has 0 bridgehead atoms. The van der Waals surface area contributed by atoms with Crippen molar-refractivity contribution < 1.29 is 19.4 Å². The molecule has 0 amide bonds. The van der Waals surface area contributed by atoms with Gasteiger partial charge in [0.15, 0.2) is 5.78 Å². The molecular formula is C19H22Cl2O4. The lowest BCUT2D eigenvalue weighted by Gasteiger charge is -2.29. The molecule has 0 unspecified atom stereocenters. The van der Waals surface area contributed by atoms with Crippen LogP contribution in [0.4, 0.5) is 0 Å². The zero-order valence-corrected chi connectivity index (χ0v) is 15.8. The maximum atomic E-state index is 13.1. The summed E-state index contributed by atoms with van der Waals surface area (Å²) in [6.45, 7) is 2.29. The van der Waals surface area contributed by atoms with E-state index in [1.54, 1.807) is 0 Å². The zero-order valence-electron chi connectivity index (χ0n) is 14.2. The average molecular weight is 385 g/mol. The summed E-state index contributed by atoms with van der Waals surface area (Å²) >= 11 is 12.7. The highest BCUT2D eigenvalue weighted by atomic mass is 35.5. The van der Waals surface area contributed by atoms with Crippen molar-refractivity contribution >= 4 is 35.0 Å². The second kappa shape index (κ2) is 7.16. The summed E-state index contributed by atoms with van der Waals surface area (Å²) in [6, 6.07) is 1.81. The molecule has 1 saturated carbocycles. The van der Waals surface area contributed by atoms with E-state index in [2.05, 4.69) is 0 Å². The van der Waals surface area contributed by atoms with Gasteiger partial charge in [0.05, 0.1) is 11.6 Å². The highest BCUT2D eigenvalue weighted by Crippen LogP contribution is 2.52. The Balaban J connectivity index is 1.83. The molecule has 0 radical (unpaired) electrons. The molecule has 3 rings (SSSR count). The van der Waals surface area contributed by atoms with E-state index in [0.29, 0.717) is 30.1 Å². The highest BCUT2D eigenvalue weighted by molar-refractivity contribution is 6.45. The van der Waals surface area contributed by atoms with Gasteiger partial charge in [0, 0.05) is 17.4 Å². The van der Waals surface area contributed by atoms with E-state index in [1.165, 1.54) is 12.8 Å². The van der Waals surface area contributed by atoms with Crippen molar-refractivity contribution in [2.45, 2.75) is 51.9 Å². The number of hydrogen-bond acceptors (Lipinski definition) is 3. The van der Waals surface area contributed by atoms with Crippen LogP contribution in [-0.4, -0.2) is 23.5 Å². The second-order valence-electron chi connectivity index (χ2n) is 7.29. The fourth-order valence-corrected chi connectivity index (χ4v) is 4.71. The Hall–Kier alpha value is -1.26. The molecule has 6 heteroatoms. The first-order valence-corrected chi connectivity index (χ1v) is 9.50. The normalized spacial score (nSPS) is 23.1. The number of ether oxygens (including phenoxy) is 1. The molecule has 1 aromatic rings. The van der Waals surface area contributed by atoms with Crippen molar-refractivity contribution in [1.29, 1.82) is 0 Å². The molecular weight excluding hydrogens is 363 g/mol. The van der Waals surface area contributed by atoms with Gasteiger partial charge < -0.3 is 9.84 Å². The standard InChI is InChI=1S/C19H22Cl2O4/c1-19(12-5-2-3-6-12)10-11-9-13(25-8-4-7-14(22)23)16(20)17(21)15(11)18(19)24/h9,12H,2-8,10H2,1H3,(H,22,23)/t19-/m0/s1. The van der Waals surface area contributed by atoms with Crippen LogP contribution in [0.5, 0.6) is 5.75 Å². The summed E-state index contributed by atoms with van der Waals surface area (Å²) in [6.07, 6.45) is 5.61. The molecule has 136 valence electrons. The van der Waals surface area contributed by atoms with Crippen LogP contribution in [0.1, 0.15) is 61.4 Å². The number of hydrogen-bond donors (Lipinski definition) is 1. The van der Waals surface area contributed by atoms with Crippen molar-refractivity contribution in [2.75, 3.05) is 6.61 Å². The van der Waals surface area contributed by atoms with Gasteiger partial charge in [-0.2, -0.15) is 0 Å². The van der Waals surface area contributed by atoms with E-state index in [1.807, 2.05) is 13.0 Å². The van der Waals surface area contributed by atoms with Gasteiger partial charge in [0.2, 0.25) is 0 Å². The summed E-state index contributed by atoms with van der Waals surface area (Å²) in [5.41, 5.74) is 1.02. The third kappa shape index (κ3) is 3.39. The van der Waals surface area contributed by atoms with Crippen molar-refractivity contribution in [2.24, 2.45) is 11.3 Å². The predicted molar refractivity (Wildman–Crippen MR) is 96.9 cm³/mol. The number of aliphatic carboxylic acids is 1. The van der Waals surface area contributed by atoms with Crippen LogP contribution in [0, 0.1) is 11.3 Å². The van der Waals surface area contributed by atoms with Crippen LogP contribution in [0.2, 0.25) is 10.0 Å². The van der Waals surface area contributed by atoms with Crippen LogP contribution < -0.4 is 4.74 Å². The number of carbonyl (C=O) groups is 2. The molecule has 1 aromatic carbocycles. The van der Waals surface area contributed by atoms with Gasteiger partial charge >= 0.3 is 5.97 Å². The molecule has 25 heavy (non-hydrogen) atoms. The number of rotatable bonds is 6. The molecule has 1 N–H and O–H groups in total.